The van der Waals surface area contributed by atoms with Crippen molar-refractivity contribution in [1.29, 1.82) is 0 Å². The van der Waals surface area contributed by atoms with Gasteiger partial charge in [-0.1, -0.05) is 0 Å². The number of ether oxygens (including phenoxy) is 2. The Hall–Kier alpha value is -1.30. The maximum Gasteiger partial charge on any atom is 0.408 e. The Morgan fingerprint density at radius 2 is 1.80 bits per heavy atom. The lowest BCUT2D eigenvalue weighted by Crippen LogP contribution is -2.52. The molecular formula is C14H26N2O4. The first-order valence-corrected chi connectivity index (χ1v) is 6.99. The summed E-state index contributed by atoms with van der Waals surface area (Å²) in [4.78, 5) is 25.7. The quantitative estimate of drug-likeness (QED) is 0.851. The van der Waals surface area contributed by atoms with Gasteiger partial charge < -0.3 is 19.7 Å². The summed E-state index contributed by atoms with van der Waals surface area (Å²) >= 11 is 0. The average molecular weight is 286 g/mol. The highest BCUT2D eigenvalue weighted by Gasteiger charge is 2.33. The van der Waals surface area contributed by atoms with Gasteiger partial charge in [-0.25, -0.2) is 4.79 Å². The largest absolute Gasteiger partial charge is 0.444 e. The van der Waals surface area contributed by atoms with Crippen LogP contribution in [0.3, 0.4) is 0 Å². The maximum atomic E-state index is 12.3. The van der Waals surface area contributed by atoms with Crippen LogP contribution in [0.25, 0.3) is 0 Å². The van der Waals surface area contributed by atoms with Crippen LogP contribution in [0.15, 0.2) is 0 Å². The first kappa shape index (κ1) is 16.8. The van der Waals surface area contributed by atoms with Crippen molar-refractivity contribution in [2.24, 2.45) is 5.92 Å². The van der Waals surface area contributed by atoms with Crippen LogP contribution in [0, 0.1) is 5.92 Å². The van der Waals surface area contributed by atoms with Crippen molar-refractivity contribution >= 4 is 12.0 Å². The van der Waals surface area contributed by atoms with Gasteiger partial charge in [0, 0.05) is 27.3 Å². The lowest BCUT2D eigenvalue weighted by Gasteiger charge is -2.32. The number of hydrogen-bond acceptors (Lipinski definition) is 4. The number of amides is 2. The minimum atomic E-state index is -0.578. The molecule has 0 saturated carbocycles. The highest BCUT2D eigenvalue weighted by molar-refractivity contribution is 5.85. The average Bonchev–Trinajstić information content (AvgIpc) is 2.34. The van der Waals surface area contributed by atoms with Crippen LogP contribution in [0.5, 0.6) is 0 Å². The van der Waals surface area contributed by atoms with Gasteiger partial charge in [-0.15, -0.1) is 0 Å². The van der Waals surface area contributed by atoms with Crippen molar-refractivity contribution in [3.8, 4) is 0 Å². The van der Waals surface area contributed by atoms with Crippen molar-refractivity contribution in [3.05, 3.63) is 0 Å². The number of nitrogens with zero attached hydrogens (tertiary/aromatic N) is 1. The zero-order valence-corrected chi connectivity index (χ0v) is 13.1. The van der Waals surface area contributed by atoms with Crippen LogP contribution in [-0.2, 0) is 14.3 Å². The van der Waals surface area contributed by atoms with E-state index in [0.29, 0.717) is 13.2 Å². The fourth-order valence-electron chi connectivity index (χ4n) is 2.14. The van der Waals surface area contributed by atoms with Crippen molar-refractivity contribution in [2.45, 2.75) is 45.3 Å². The number of hydrogen-bond donors (Lipinski definition) is 1. The summed E-state index contributed by atoms with van der Waals surface area (Å²) in [5, 5.41) is 2.72. The Morgan fingerprint density at radius 3 is 2.25 bits per heavy atom. The molecule has 0 unspecified atom stereocenters. The van der Waals surface area contributed by atoms with Crippen molar-refractivity contribution < 1.29 is 19.1 Å². The first-order valence-electron chi connectivity index (χ1n) is 6.99. The van der Waals surface area contributed by atoms with Crippen LogP contribution in [0.4, 0.5) is 4.79 Å². The molecule has 1 atom stereocenters. The number of likely N-dealkylation sites (N-methyl/N-ethyl adjacent to an activating group) is 1. The molecule has 1 aliphatic rings. The summed E-state index contributed by atoms with van der Waals surface area (Å²) in [5.41, 5.74) is -0.578. The molecule has 6 nitrogen and oxygen atoms in total. The molecule has 0 spiro atoms. The highest BCUT2D eigenvalue weighted by atomic mass is 16.6. The predicted octanol–water partition coefficient (Wildman–Crippen LogP) is 1.39. The minimum absolute atomic E-state index is 0.0890. The van der Waals surface area contributed by atoms with E-state index in [4.69, 9.17) is 9.47 Å². The summed E-state index contributed by atoms with van der Waals surface area (Å²) in [6, 6.07) is -0.552. The van der Waals surface area contributed by atoms with E-state index in [1.165, 1.54) is 4.90 Å². The molecule has 1 rings (SSSR count). The number of nitrogens with one attached hydrogen (secondary N) is 1. The molecule has 2 amide bonds. The molecular weight excluding hydrogens is 260 g/mol. The molecule has 1 N–H and O–H groups in total. The standard InChI is InChI=1S/C14H26N2O4/c1-14(2,3)20-13(18)15-11(12(17)16(4)5)10-6-8-19-9-7-10/h10-11H,6-9H2,1-5H3,(H,15,18)/t11-/m0/s1. The molecule has 0 aliphatic carbocycles. The molecule has 0 aromatic carbocycles. The summed E-state index contributed by atoms with van der Waals surface area (Å²) in [6.07, 6.45) is 0.976. The van der Waals surface area contributed by atoms with E-state index >= 15 is 0 Å². The molecule has 0 bridgehead atoms. The van der Waals surface area contributed by atoms with Gasteiger partial charge in [0.15, 0.2) is 0 Å². The second-order valence-corrected chi connectivity index (χ2v) is 6.31. The molecule has 1 aliphatic heterocycles. The van der Waals surface area contributed by atoms with Crippen LogP contribution in [0.2, 0.25) is 0 Å². The molecule has 116 valence electrons. The minimum Gasteiger partial charge on any atom is -0.444 e. The van der Waals surface area contributed by atoms with Gasteiger partial charge in [-0.3, -0.25) is 4.79 Å². The first-order chi connectivity index (χ1) is 9.20. The smallest absolute Gasteiger partial charge is 0.408 e. The lowest BCUT2D eigenvalue weighted by molar-refractivity contribution is -0.133. The fraction of sp³-hybridized carbons (Fsp3) is 0.857. The summed E-state index contributed by atoms with van der Waals surface area (Å²) in [7, 11) is 3.37. The monoisotopic (exact) mass is 286 g/mol. The predicted molar refractivity (Wildman–Crippen MR) is 75.4 cm³/mol. The number of alkyl carbamates (subject to hydrolysis) is 1. The molecule has 0 aromatic rings. The summed E-state index contributed by atoms with van der Waals surface area (Å²) in [5.74, 6) is -0.0195. The van der Waals surface area contributed by atoms with Crippen molar-refractivity contribution in [2.75, 3.05) is 27.3 Å². The SMILES string of the molecule is CN(C)C(=O)[C@@H](NC(=O)OC(C)(C)C)C1CCOCC1. The van der Waals surface area contributed by atoms with Gasteiger partial charge in [0.25, 0.3) is 0 Å². The molecule has 1 saturated heterocycles. The Balaban J connectivity index is 2.72. The molecule has 1 heterocycles. The number of carbonyl (C=O) groups excluding carboxylic acids is 2. The van der Waals surface area contributed by atoms with Crippen LogP contribution < -0.4 is 5.32 Å². The zero-order valence-electron chi connectivity index (χ0n) is 13.1. The lowest BCUT2D eigenvalue weighted by atomic mass is 9.91. The Kier molecular flexibility index (Phi) is 5.80. The van der Waals surface area contributed by atoms with Crippen LogP contribution in [-0.4, -0.2) is 55.9 Å². The van der Waals surface area contributed by atoms with Gasteiger partial charge in [-0.05, 0) is 39.5 Å². The number of carbonyl (C=O) groups is 2. The highest BCUT2D eigenvalue weighted by Crippen LogP contribution is 2.20. The normalized spacial score (nSPS) is 18.2. The molecule has 1 fully saturated rings. The van der Waals surface area contributed by atoms with E-state index in [2.05, 4.69) is 5.32 Å². The Labute approximate surface area is 120 Å². The van der Waals surface area contributed by atoms with Crippen molar-refractivity contribution in [3.63, 3.8) is 0 Å². The third-order valence-electron chi connectivity index (χ3n) is 3.12. The maximum absolute atomic E-state index is 12.3. The van der Waals surface area contributed by atoms with Crippen molar-refractivity contribution in [1.82, 2.24) is 10.2 Å². The van der Waals surface area contributed by atoms with Crippen LogP contribution in [0.1, 0.15) is 33.6 Å². The molecule has 20 heavy (non-hydrogen) atoms. The molecule has 6 heteroatoms. The van der Waals surface area contributed by atoms with E-state index in [9.17, 15) is 9.59 Å². The second-order valence-electron chi connectivity index (χ2n) is 6.31. The second kappa shape index (κ2) is 6.92. The topological polar surface area (TPSA) is 67.9 Å². The third-order valence-corrected chi connectivity index (χ3v) is 3.12. The van der Waals surface area contributed by atoms with Gasteiger partial charge in [0.2, 0.25) is 5.91 Å². The Bertz CT molecular complexity index is 344. The third kappa shape index (κ3) is 5.36. The van der Waals surface area contributed by atoms with E-state index in [1.54, 1.807) is 34.9 Å². The zero-order chi connectivity index (χ0) is 15.3. The van der Waals surface area contributed by atoms with Gasteiger partial charge in [0.05, 0.1) is 0 Å². The van der Waals surface area contributed by atoms with Gasteiger partial charge in [0.1, 0.15) is 11.6 Å². The van der Waals surface area contributed by atoms with E-state index in [1.807, 2.05) is 0 Å². The molecule has 0 radical (unpaired) electrons. The van der Waals surface area contributed by atoms with E-state index in [0.717, 1.165) is 12.8 Å². The molecule has 0 aromatic heterocycles. The van der Waals surface area contributed by atoms with Gasteiger partial charge >= 0.3 is 6.09 Å². The fourth-order valence-corrected chi connectivity index (χ4v) is 2.14. The Morgan fingerprint density at radius 1 is 1.25 bits per heavy atom. The van der Waals surface area contributed by atoms with E-state index in [-0.39, 0.29) is 11.8 Å². The van der Waals surface area contributed by atoms with Gasteiger partial charge in [-0.2, -0.15) is 0 Å². The summed E-state index contributed by atoms with van der Waals surface area (Å²) in [6.45, 7) is 6.63. The number of rotatable bonds is 3. The van der Waals surface area contributed by atoms with E-state index < -0.39 is 17.7 Å². The summed E-state index contributed by atoms with van der Waals surface area (Å²) < 4.78 is 10.5. The van der Waals surface area contributed by atoms with Crippen LogP contribution >= 0.6 is 0 Å².